The van der Waals surface area contributed by atoms with Crippen molar-refractivity contribution in [2.75, 3.05) is 13.7 Å². The molecule has 1 heterocycles. The van der Waals surface area contributed by atoms with Gasteiger partial charge in [0.1, 0.15) is 11.6 Å². The largest absolute Gasteiger partial charge is 0.543 e. The van der Waals surface area contributed by atoms with E-state index in [4.69, 9.17) is 16.3 Å². The van der Waals surface area contributed by atoms with Gasteiger partial charge in [0.25, 0.3) is 0 Å². The van der Waals surface area contributed by atoms with Gasteiger partial charge < -0.3 is 24.5 Å². The summed E-state index contributed by atoms with van der Waals surface area (Å²) < 4.78 is 20.6. The van der Waals surface area contributed by atoms with Crippen LogP contribution in [-0.4, -0.2) is 24.2 Å². The Kier molecular flexibility index (Phi) is 7.20. The molecule has 0 aliphatic heterocycles. The molecule has 0 radical (unpaired) electrons. The van der Waals surface area contributed by atoms with Crippen molar-refractivity contribution < 1.29 is 19.0 Å². The molecule has 0 spiro atoms. The summed E-state index contributed by atoms with van der Waals surface area (Å²) in [6.07, 6.45) is 0. The molecule has 5 nitrogen and oxygen atoms in total. The Morgan fingerprint density at radius 3 is 2.59 bits per heavy atom. The van der Waals surface area contributed by atoms with Crippen LogP contribution in [0.4, 0.5) is 4.39 Å². The van der Waals surface area contributed by atoms with E-state index in [-0.39, 0.29) is 23.2 Å². The van der Waals surface area contributed by atoms with Gasteiger partial charge in [-0.05, 0) is 41.3 Å². The minimum Gasteiger partial charge on any atom is -0.543 e. The first-order valence-electron chi connectivity index (χ1n) is 11.0. The van der Waals surface area contributed by atoms with Gasteiger partial charge in [-0.1, -0.05) is 54.9 Å². The van der Waals surface area contributed by atoms with Crippen molar-refractivity contribution >= 4 is 28.5 Å². The summed E-state index contributed by atoms with van der Waals surface area (Å²) in [6.45, 7) is 3.27. The Morgan fingerprint density at radius 1 is 1.15 bits per heavy atom. The number of halogens is 2. The van der Waals surface area contributed by atoms with Crippen LogP contribution in [0.2, 0.25) is 5.02 Å². The van der Waals surface area contributed by atoms with Crippen LogP contribution < -0.4 is 15.2 Å². The zero-order valence-electron chi connectivity index (χ0n) is 19.0. The van der Waals surface area contributed by atoms with E-state index in [0.29, 0.717) is 35.5 Å². The maximum atomic E-state index is 13.6. The Balaban J connectivity index is 1.72. The topological polar surface area (TPSA) is 66.3 Å². The zero-order chi connectivity index (χ0) is 24.2. The zero-order valence-corrected chi connectivity index (χ0v) is 19.7. The molecular formula is C27H25ClFN2O3-. The number of carboxylic acid groups (broad SMARTS) is 1. The lowest BCUT2D eigenvalue weighted by Gasteiger charge is -2.16. The number of rotatable bonds is 9. The normalized spacial score (nSPS) is 12.1. The summed E-state index contributed by atoms with van der Waals surface area (Å²) in [6, 6.07) is 19.6. The summed E-state index contributed by atoms with van der Waals surface area (Å²) in [7, 11) is 1.55. The van der Waals surface area contributed by atoms with Gasteiger partial charge in [-0.25, -0.2) is 4.39 Å². The summed E-state index contributed by atoms with van der Waals surface area (Å²) in [4.78, 5) is 12.3. The number of nitrogens with zero attached hydrogens (tertiary/aromatic N) is 1. The predicted molar refractivity (Wildman–Crippen MR) is 130 cm³/mol. The maximum absolute atomic E-state index is 13.6. The molecule has 0 saturated carbocycles. The van der Waals surface area contributed by atoms with E-state index in [1.165, 1.54) is 17.7 Å². The minimum atomic E-state index is -1.29. The third kappa shape index (κ3) is 4.93. The third-order valence-corrected chi connectivity index (χ3v) is 6.39. The Bertz CT molecular complexity index is 1320. The van der Waals surface area contributed by atoms with Crippen molar-refractivity contribution in [2.24, 2.45) is 0 Å². The molecule has 1 unspecified atom stereocenters. The first-order valence-corrected chi connectivity index (χ1v) is 11.4. The van der Waals surface area contributed by atoms with Crippen molar-refractivity contribution in [2.45, 2.75) is 25.9 Å². The van der Waals surface area contributed by atoms with Crippen LogP contribution >= 0.6 is 11.6 Å². The summed E-state index contributed by atoms with van der Waals surface area (Å²) in [5.74, 6) is -0.899. The second-order valence-electron chi connectivity index (χ2n) is 8.26. The number of nitrogens with one attached hydrogen (secondary N) is 1. The molecule has 176 valence electrons. The third-order valence-electron chi connectivity index (χ3n) is 6.03. The molecule has 0 saturated heterocycles. The van der Waals surface area contributed by atoms with Crippen molar-refractivity contribution in [3.05, 3.63) is 100.0 Å². The molecule has 7 heteroatoms. The van der Waals surface area contributed by atoms with Crippen LogP contribution in [-0.2, 0) is 13.1 Å². The molecule has 1 aromatic heterocycles. The number of fused-ring (bicyclic) bond motifs is 1. The number of hydrogen-bond donors (Lipinski definition) is 1. The standard InChI is InChI=1S/C27H26ClFN2O3/c1-17(18-6-4-3-5-7-18)14-30-15-23-22-11-10-21(34-2)13-25(22)31(26(23)27(32)33)16-19-8-9-20(29)12-24(19)28/h3-13,17,30H,14-16H2,1-2H3,(H,32,33)/p-1. The highest BCUT2D eigenvalue weighted by atomic mass is 35.5. The van der Waals surface area contributed by atoms with Gasteiger partial charge in [0.15, 0.2) is 0 Å². The number of benzene rings is 3. The summed E-state index contributed by atoms with van der Waals surface area (Å²) in [5.41, 5.74) is 3.15. The highest BCUT2D eigenvalue weighted by molar-refractivity contribution is 6.31. The fourth-order valence-electron chi connectivity index (χ4n) is 4.24. The summed E-state index contributed by atoms with van der Waals surface area (Å²) in [5, 5.41) is 16.7. The quantitative estimate of drug-likeness (QED) is 0.376. The molecule has 0 bridgehead atoms. The monoisotopic (exact) mass is 479 g/mol. The molecule has 4 rings (SSSR count). The number of aromatic carboxylic acids is 1. The van der Waals surface area contributed by atoms with Gasteiger partial charge >= 0.3 is 0 Å². The van der Waals surface area contributed by atoms with Crippen LogP contribution in [0.5, 0.6) is 5.75 Å². The van der Waals surface area contributed by atoms with Gasteiger partial charge in [0, 0.05) is 41.7 Å². The molecule has 1 atom stereocenters. The first kappa shape index (κ1) is 23.8. The van der Waals surface area contributed by atoms with E-state index in [0.717, 1.165) is 5.39 Å². The van der Waals surface area contributed by atoms with Crippen LogP contribution in [0, 0.1) is 5.82 Å². The average molecular weight is 480 g/mol. The van der Waals surface area contributed by atoms with E-state index in [1.54, 1.807) is 29.9 Å². The highest BCUT2D eigenvalue weighted by Gasteiger charge is 2.20. The molecule has 0 amide bonds. The number of carboxylic acids is 1. The molecular weight excluding hydrogens is 455 g/mol. The maximum Gasteiger partial charge on any atom is 0.124 e. The molecule has 0 aliphatic carbocycles. The molecule has 4 aromatic rings. The van der Waals surface area contributed by atoms with Crippen LogP contribution in [0.3, 0.4) is 0 Å². The van der Waals surface area contributed by atoms with E-state index < -0.39 is 11.8 Å². The van der Waals surface area contributed by atoms with Gasteiger partial charge in [-0.2, -0.15) is 0 Å². The highest BCUT2D eigenvalue weighted by Crippen LogP contribution is 2.31. The number of carbonyl (C=O) groups is 1. The predicted octanol–water partition coefficient (Wildman–Crippen LogP) is 4.75. The molecule has 0 fully saturated rings. The van der Waals surface area contributed by atoms with Gasteiger partial charge in [-0.3, -0.25) is 0 Å². The van der Waals surface area contributed by atoms with Gasteiger partial charge in [-0.15, -0.1) is 0 Å². The number of ether oxygens (including phenoxy) is 1. The van der Waals surface area contributed by atoms with Crippen molar-refractivity contribution in [1.29, 1.82) is 0 Å². The second-order valence-corrected chi connectivity index (χ2v) is 8.67. The van der Waals surface area contributed by atoms with Crippen LogP contribution in [0.1, 0.15) is 40.0 Å². The smallest absolute Gasteiger partial charge is 0.124 e. The molecule has 0 aliphatic rings. The van der Waals surface area contributed by atoms with Crippen molar-refractivity contribution in [3.8, 4) is 5.75 Å². The van der Waals surface area contributed by atoms with E-state index in [2.05, 4.69) is 24.4 Å². The molecule has 34 heavy (non-hydrogen) atoms. The number of carbonyl (C=O) groups excluding carboxylic acids is 1. The number of methoxy groups -OCH3 is 1. The van der Waals surface area contributed by atoms with Gasteiger partial charge in [0.05, 0.1) is 24.3 Å². The van der Waals surface area contributed by atoms with E-state index in [1.807, 2.05) is 24.3 Å². The lowest BCUT2D eigenvalue weighted by Crippen LogP contribution is -2.29. The number of aromatic nitrogens is 1. The lowest BCUT2D eigenvalue weighted by atomic mass is 10.0. The number of hydrogen-bond acceptors (Lipinski definition) is 4. The summed E-state index contributed by atoms with van der Waals surface area (Å²) >= 11 is 6.25. The average Bonchev–Trinajstić information content (AvgIpc) is 3.14. The molecule has 1 N–H and O–H groups in total. The first-order chi connectivity index (χ1) is 16.4. The molecule has 3 aromatic carbocycles. The van der Waals surface area contributed by atoms with E-state index in [9.17, 15) is 14.3 Å². The fraction of sp³-hybridized carbons (Fsp3) is 0.222. The Labute approximate surface area is 202 Å². The van der Waals surface area contributed by atoms with Crippen molar-refractivity contribution in [1.82, 2.24) is 9.88 Å². The SMILES string of the molecule is COc1ccc2c(CNCC(C)c3ccccc3)c(C(=O)[O-])n(Cc3ccc(F)cc3Cl)c2c1. The van der Waals surface area contributed by atoms with Gasteiger partial charge in [0.2, 0.25) is 0 Å². The van der Waals surface area contributed by atoms with Crippen LogP contribution in [0.15, 0.2) is 66.7 Å². The minimum absolute atomic E-state index is 0.0588. The fourth-order valence-corrected chi connectivity index (χ4v) is 4.46. The van der Waals surface area contributed by atoms with Crippen molar-refractivity contribution in [3.63, 3.8) is 0 Å². The van der Waals surface area contributed by atoms with Crippen LogP contribution in [0.25, 0.3) is 10.9 Å². The lowest BCUT2D eigenvalue weighted by molar-refractivity contribution is -0.255. The van der Waals surface area contributed by atoms with E-state index >= 15 is 0 Å². The second kappa shape index (κ2) is 10.3. The Hall–Kier alpha value is -3.35. The Morgan fingerprint density at radius 2 is 1.91 bits per heavy atom.